The molecular formula is C28H31N3O5S2. The number of hydrogen-bond acceptors (Lipinski definition) is 7. The zero-order valence-electron chi connectivity index (χ0n) is 21.3. The van der Waals surface area contributed by atoms with Gasteiger partial charge >= 0.3 is 6.03 Å². The van der Waals surface area contributed by atoms with Gasteiger partial charge in [0.15, 0.2) is 11.5 Å². The van der Waals surface area contributed by atoms with Crippen LogP contribution in [-0.4, -0.2) is 60.6 Å². The normalized spacial score (nSPS) is 15.9. The Morgan fingerprint density at radius 3 is 2.63 bits per heavy atom. The van der Waals surface area contributed by atoms with Crippen LogP contribution in [0.15, 0.2) is 64.9 Å². The van der Waals surface area contributed by atoms with Gasteiger partial charge in [0, 0.05) is 35.2 Å². The molecule has 2 aromatic carbocycles. The number of carbonyl (C=O) groups is 2. The summed E-state index contributed by atoms with van der Waals surface area (Å²) in [6.07, 6.45) is 3.76. The van der Waals surface area contributed by atoms with E-state index in [4.69, 9.17) is 14.2 Å². The Labute approximate surface area is 230 Å². The molecule has 0 saturated carbocycles. The van der Waals surface area contributed by atoms with Crippen LogP contribution in [0, 0.1) is 0 Å². The Bertz CT molecular complexity index is 1230. The largest absolute Gasteiger partial charge is 0.454 e. The Balaban J connectivity index is 1.32. The first-order valence-corrected chi connectivity index (χ1v) is 14.7. The number of amides is 3. The van der Waals surface area contributed by atoms with Gasteiger partial charge in [0.1, 0.15) is 6.54 Å². The quantitative estimate of drug-likeness (QED) is 0.337. The summed E-state index contributed by atoms with van der Waals surface area (Å²) in [7, 11) is 0. The van der Waals surface area contributed by atoms with Crippen molar-refractivity contribution >= 4 is 40.7 Å². The highest BCUT2D eigenvalue weighted by Gasteiger charge is 2.27. The zero-order chi connectivity index (χ0) is 26.3. The number of thiophene rings is 1. The average molecular weight is 554 g/mol. The van der Waals surface area contributed by atoms with Crippen molar-refractivity contribution in [1.29, 1.82) is 0 Å². The van der Waals surface area contributed by atoms with Crippen LogP contribution < -0.4 is 14.8 Å². The van der Waals surface area contributed by atoms with Crippen molar-refractivity contribution in [3.8, 4) is 11.5 Å². The van der Waals surface area contributed by atoms with Crippen molar-refractivity contribution in [3.63, 3.8) is 0 Å². The molecule has 1 aromatic heterocycles. The molecule has 1 fully saturated rings. The lowest BCUT2D eigenvalue weighted by Crippen LogP contribution is -2.46. The van der Waals surface area contributed by atoms with Gasteiger partial charge < -0.3 is 29.3 Å². The molecule has 3 heterocycles. The third-order valence-electron chi connectivity index (χ3n) is 6.49. The summed E-state index contributed by atoms with van der Waals surface area (Å²) in [4.78, 5) is 32.7. The van der Waals surface area contributed by atoms with E-state index in [2.05, 4.69) is 5.32 Å². The lowest BCUT2D eigenvalue weighted by Gasteiger charge is -2.29. The van der Waals surface area contributed by atoms with E-state index in [1.54, 1.807) is 32.9 Å². The number of nitrogens with zero attached hydrogens (tertiary/aromatic N) is 2. The van der Waals surface area contributed by atoms with Gasteiger partial charge in [-0.1, -0.05) is 12.1 Å². The summed E-state index contributed by atoms with van der Waals surface area (Å²) in [6.45, 7) is 2.03. The number of carbonyl (C=O) groups excluding carboxylic acids is 2. The SMILES string of the molecule is CSc1ccc(NC(=O)N(CC(=O)N(Cc2ccc3c(c2)OCO3)Cc2cccs2)CC2CCCO2)cc1. The molecule has 0 radical (unpaired) electrons. The third-order valence-corrected chi connectivity index (χ3v) is 8.10. The molecule has 1 N–H and O–H groups in total. The van der Waals surface area contributed by atoms with Crippen molar-refractivity contribution < 1.29 is 23.8 Å². The van der Waals surface area contributed by atoms with E-state index >= 15 is 0 Å². The van der Waals surface area contributed by atoms with Crippen LogP contribution in [0.25, 0.3) is 0 Å². The molecule has 0 bridgehead atoms. The monoisotopic (exact) mass is 553 g/mol. The molecule has 10 heteroatoms. The third kappa shape index (κ3) is 6.80. The lowest BCUT2D eigenvalue weighted by atomic mass is 10.1. The smallest absolute Gasteiger partial charge is 0.322 e. The minimum absolute atomic E-state index is 0.0511. The van der Waals surface area contributed by atoms with Crippen molar-refractivity contribution in [3.05, 3.63) is 70.4 Å². The molecule has 200 valence electrons. The summed E-state index contributed by atoms with van der Waals surface area (Å²) in [6, 6.07) is 17.1. The molecule has 1 atom stereocenters. The summed E-state index contributed by atoms with van der Waals surface area (Å²) in [5, 5.41) is 4.96. The van der Waals surface area contributed by atoms with E-state index in [-0.39, 0.29) is 31.4 Å². The Hall–Kier alpha value is -3.21. The molecule has 2 aliphatic heterocycles. The number of rotatable bonds is 10. The molecule has 8 nitrogen and oxygen atoms in total. The van der Waals surface area contributed by atoms with Crippen molar-refractivity contribution in [1.82, 2.24) is 9.80 Å². The Kier molecular flexibility index (Phi) is 8.72. The van der Waals surface area contributed by atoms with E-state index in [1.165, 1.54) is 0 Å². The number of urea groups is 1. The van der Waals surface area contributed by atoms with E-state index in [0.717, 1.165) is 28.2 Å². The number of nitrogens with one attached hydrogen (secondary N) is 1. The van der Waals surface area contributed by atoms with Crippen LogP contribution in [0.2, 0.25) is 0 Å². The summed E-state index contributed by atoms with van der Waals surface area (Å²) >= 11 is 3.24. The van der Waals surface area contributed by atoms with E-state index in [9.17, 15) is 9.59 Å². The highest BCUT2D eigenvalue weighted by atomic mass is 32.2. The fourth-order valence-corrected chi connectivity index (χ4v) is 5.60. The van der Waals surface area contributed by atoms with Crippen LogP contribution >= 0.6 is 23.1 Å². The highest BCUT2D eigenvalue weighted by Crippen LogP contribution is 2.33. The molecule has 5 rings (SSSR count). The minimum atomic E-state index is -0.315. The molecule has 3 amide bonds. The maximum atomic E-state index is 13.7. The Morgan fingerprint density at radius 2 is 1.89 bits per heavy atom. The first kappa shape index (κ1) is 26.4. The van der Waals surface area contributed by atoms with Crippen LogP contribution in [0.4, 0.5) is 10.5 Å². The molecule has 3 aromatic rings. The second kappa shape index (κ2) is 12.6. The number of ether oxygens (including phenoxy) is 3. The number of hydrogen-bond donors (Lipinski definition) is 1. The molecular weight excluding hydrogens is 522 g/mol. The molecule has 1 saturated heterocycles. The van der Waals surface area contributed by atoms with Gasteiger partial charge in [-0.25, -0.2) is 4.79 Å². The zero-order valence-corrected chi connectivity index (χ0v) is 22.9. The van der Waals surface area contributed by atoms with Gasteiger partial charge in [-0.2, -0.15) is 0 Å². The number of thioether (sulfide) groups is 1. The first-order chi connectivity index (χ1) is 18.6. The fourth-order valence-electron chi connectivity index (χ4n) is 4.48. The molecule has 1 unspecified atom stereocenters. The molecule has 0 aliphatic carbocycles. The van der Waals surface area contributed by atoms with E-state index in [1.807, 2.05) is 66.2 Å². The highest BCUT2D eigenvalue weighted by molar-refractivity contribution is 7.98. The second-order valence-electron chi connectivity index (χ2n) is 9.19. The van der Waals surface area contributed by atoms with E-state index < -0.39 is 0 Å². The molecule has 0 spiro atoms. The number of benzene rings is 2. The maximum Gasteiger partial charge on any atom is 0.322 e. The van der Waals surface area contributed by atoms with Crippen molar-refractivity contribution in [2.75, 3.05) is 38.1 Å². The lowest BCUT2D eigenvalue weighted by molar-refractivity contribution is -0.133. The molecule has 2 aliphatic rings. The first-order valence-electron chi connectivity index (χ1n) is 12.6. The predicted molar refractivity (Wildman–Crippen MR) is 149 cm³/mol. The Morgan fingerprint density at radius 1 is 1.05 bits per heavy atom. The summed E-state index contributed by atoms with van der Waals surface area (Å²) < 4.78 is 16.8. The topological polar surface area (TPSA) is 80.3 Å². The minimum Gasteiger partial charge on any atom is -0.454 e. The van der Waals surface area contributed by atoms with Crippen LogP contribution in [0.1, 0.15) is 23.3 Å². The predicted octanol–water partition coefficient (Wildman–Crippen LogP) is 5.44. The van der Waals surface area contributed by atoms with Gasteiger partial charge in [0.05, 0.1) is 12.6 Å². The molecule has 38 heavy (non-hydrogen) atoms. The van der Waals surface area contributed by atoms with Gasteiger partial charge in [0.25, 0.3) is 0 Å². The standard InChI is InChI=1S/C28H31N3O5S2/c1-37-23-9-7-21(8-10-23)29-28(33)31(16-22-4-2-12-34-22)18-27(32)30(17-24-5-3-13-38-24)15-20-6-11-25-26(14-20)36-19-35-25/h3,5-11,13-14,22H,2,4,12,15-19H2,1H3,(H,29,33). The number of anilines is 1. The summed E-state index contributed by atoms with van der Waals surface area (Å²) in [5.74, 6) is 1.25. The van der Waals surface area contributed by atoms with Gasteiger partial charge in [-0.15, -0.1) is 23.1 Å². The fraction of sp³-hybridized carbons (Fsp3) is 0.357. The van der Waals surface area contributed by atoms with Crippen molar-refractivity contribution in [2.24, 2.45) is 0 Å². The van der Waals surface area contributed by atoms with Crippen LogP contribution in [0.5, 0.6) is 11.5 Å². The second-order valence-corrected chi connectivity index (χ2v) is 11.1. The van der Waals surface area contributed by atoms with Gasteiger partial charge in [-0.3, -0.25) is 4.79 Å². The number of fused-ring (bicyclic) bond motifs is 1. The van der Waals surface area contributed by atoms with Gasteiger partial charge in [0.2, 0.25) is 12.7 Å². The van der Waals surface area contributed by atoms with E-state index in [0.29, 0.717) is 43.4 Å². The van der Waals surface area contributed by atoms with Crippen LogP contribution in [0.3, 0.4) is 0 Å². The van der Waals surface area contributed by atoms with Gasteiger partial charge in [-0.05, 0) is 72.5 Å². The average Bonchev–Trinajstić information content (AvgIpc) is 3.71. The van der Waals surface area contributed by atoms with Crippen LogP contribution in [-0.2, 0) is 22.6 Å². The maximum absolute atomic E-state index is 13.7. The summed E-state index contributed by atoms with van der Waals surface area (Å²) in [5.41, 5.74) is 1.62. The van der Waals surface area contributed by atoms with Crippen molar-refractivity contribution in [2.45, 2.75) is 36.9 Å².